The molecule has 3 rings (SSSR count). The highest BCUT2D eigenvalue weighted by Gasteiger charge is 2.51. The average Bonchev–Trinajstić information content (AvgIpc) is 2.99. The summed E-state index contributed by atoms with van der Waals surface area (Å²) in [5.41, 5.74) is 5.26. The third kappa shape index (κ3) is 3.96. The summed E-state index contributed by atoms with van der Waals surface area (Å²) in [6, 6.07) is 0. The molecule has 3 aliphatic rings. The lowest BCUT2D eigenvalue weighted by Crippen LogP contribution is -2.15. The highest BCUT2D eigenvalue weighted by Crippen LogP contribution is 2.45. The van der Waals surface area contributed by atoms with Crippen LogP contribution in [-0.2, 0) is 9.47 Å². The van der Waals surface area contributed by atoms with Crippen LogP contribution in [0.1, 0.15) is 59.8 Å². The molecule has 2 aliphatic heterocycles. The second-order valence-corrected chi connectivity index (χ2v) is 7.79. The normalized spacial score (nSPS) is 43.6. The van der Waals surface area contributed by atoms with Crippen molar-refractivity contribution in [1.82, 2.24) is 0 Å². The van der Waals surface area contributed by atoms with Gasteiger partial charge in [-0.3, -0.25) is 0 Å². The van der Waals surface area contributed by atoms with Crippen LogP contribution in [-0.4, -0.2) is 35.6 Å². The lowest BCUT2D eigenvalue weighted by Gasteiger charge is -2.16. The highest BCUT2D eigenvalue weighted by molar-refractivity contribution is 5.29. The first-order valence-corrected chi connectivity index (χ1v) is 8.88. The zero-order chi connectivity index (χ0) is 16.6. The molecule has 0 radical (unpaired) electrons. The predicted molar refractivity (Wildman–Crippen MR) is 92.3 cm³/mol. The molecule has 0 aromatic heterocycles. The maximum Gasteiger partial charge on any atom is 0.0977 e. The summed E-state index contributed by atoms with van der Waals surface area (Å²) in [5, 5.41) is 10.3. The number of fused-ring (bicyclic) bond motifs is 2. The quantitative estimate of drug-likeness (QED) is 0.540. The molecule has 0 saturated carbocycles. The third-order valence-corrected chi connectivity index (χ3v) is 5.54. The van der Waals surface area contributed by atoms with Crippen LogP contribution in [0.4, 0.5) is 0 Å². The number of allylic oxidation sites excluding steroid dienone is 1. The topological polar surface area (TPSA) is 42.0 Å². The van der Waals surface area contributed by atoms with Gasteiger partial charge in [0.05, 0.1) is 30.5 Å². The van der Waals surface area contributed by atoms with Crippen LogP contribution in [0.2, 0.25) is 0 Å². The number of rotatable bonds is 0. The van der Waals surface area contributed by atoms with Gasteiger partial charge in [-0.05, 0) is 70.9 Å². The van der Waals surface area contributed by atoms with Crippen molar-refractivity contribution in [2.75, 3.05) is 6.61 Å². The van der Waals surface area contributed by atoms with Crippen LogP contribution in [0.15, 0.2) is 34.4 Å². The van der Waals surface area contributed by atoms with E-state index >= 15 is 0 Å². The molecular weight excluding hydrogens is 288 g/mol. The van der Waals surface area contributed by atoms with E-state index in [9.17, 15) is 5.11 Å². The van der Waals surface area contributed by atoms with E-state index in [2.05, 4.69) is 33.8 Å². The number of ether oxygens (including phenoxy) is 2. The summed E-state index contributed by atoms with van der Waals surface area (Å²) >= 11 is 0. The van der Waals surface area contributed by atoms with Crippen molar-refractivity contribution >= 4 is 0 Å². The van der Waals surface area contributed by atoms with Crippen LogP contribution < -0.4 is 0 Å². The van der Waals surface area contributed by atoms with Crippen LogP contribution >= 0.6 is 0 Å². The smallest absolute Gasteiger partial charge is 0.0977 e. The van der Waals surface area contributed by atoms with Crippen molar-refractivity contribution in [2.24, 2.45) is 0 Å². The minimum absolute atomic E-state index is 0.0300. The van der Waals surface area contributed by atoms with Crippen LogP contribution in [0, 0.1) is 0 Å². The van der Waals surface area contributed by atoms with Gasteiger partial charge in [0.25, 0.3) is 0 Å². The Hall–Kier alpha value is -0.900. The molecule has 2 heterocycles. The molecule has 3 nitrogen and oxygen atoms in total. The summed E-state index contributed by atoms with van der Waals surface area (Å²) in [7, 11) is 0. The summed E-state index contributed by atoms with van der Waals surface area (Å²) in [6.45, 7) is 9.34. The maximum absolute atomic E-state index is 10.3. The maximum atomic E-state index is 10.3. The second-order valence-electron chi connectivity index (χ2n) is 7.79. The van der Waals surface area contributed by atoms with Gasteiger partial charge in [-0.2, -0.15) is 0 Å². The lowest BCUT2D eigenvalue weighted by atomic mass is 9.90. The number of aliphatic hydroxyl groups is 1. The Morgan fingerprint density at radius 3 is 2.70 bits per heavy atom. The number of hydrogen-bond acceptors (Lipinski definition) is 3. The average molecular weight is 318 g/mol. The van der Waals surface area contributed by atoms with Crippen molar-refractivity contribution in [3.05, 3.63) is 34.4 Å². The third-order valence-electron chi connectivity index (χ3n) is 5.54. The molecule has 1 N–H and O–H groups in total. The predicted octanol–water partition coefficient (Wildman–Crippen LogP) is 4.08. The first-order chi connectivity index (χ1) is 10.9. The Labute approximate surface area is 140 Å². The summed E-state index contributed by atoms with van der Waals surface area (Å²) in [6.07, 6.45) is 9.09. The van der Waals surface area contributed by atoms with E-state index < -0.39 is 6.10 Å². The van der Waals surface area contributed by atoms with Gasteiger partial charge in [-0.1, -0.05) is 23.3 Å². The number of hydrogen-bond donors (Lipinski definition) is 1. The fourth-order valence-electron chi connectivity index (χ4n) is 3.90. The van der Waals surface area contributed by atoms with Gasteiger partial charge in [0, 0.05) is 0 Å². The molecule has 0 bridgehead atoms. The second kappa shape index (κ2) is 6.54. The van der Waals surface area contributed by atoms with Crippen molar-refractivity contribution < 1.29 is 14.6 Å². The molecule has 128 valence electrons. The molecule has 1 saturated heterocycles. The van der Waals surface area contributed by atoms with Gasteiger partial charge in [0.2, 0.25) is 0 Å². The van der Waals surface area contributed by atoms with Crippen molar-refractivity contribution in [3.63, 3.8) is 0 Å². The zero-order valence-electron chi connectivity index (χ0n) is 14.9. The van der Waals surface area contributed by atoms with E-state index in [1.165, 1.54) is 22.3 Å². The lowest BCUT2D eigenvalue weighted by molar-refractivity contribution is 0.149. The Morgan fingerprint density at radius 2 is 1.91 bits per heavy atom. The molecule has 0 aromatic rings. The molecule has 0 unspecified atom stereocenters. The van der Waals surface area contributed by atoms with Crippen molar-refractivity contribution in [3.8, 4) is 0 Å². The largest absolute Gasteiger partial charge is 0.389 e. The van der Waals surface area contributed by atoms with Crippen LogP contribution in [0.5, 0.6) is 0 Å². The highest BCUT2D eigenvalue weighted by atomic mass is 16.6. The van der Waals surface area contributed by atoms with Gasteiger partial charge in [-0.15, -0.1) is 0 Å². The van der Waals surface area contributed by atoms with E-state index in [-0.39, 0.29) is 11.7 Å². The van der Waals surface area contributed by atoms with E-state index in [4.69, 9.17) is 9.47 Å². The number of aliphatic hydroxyl groups excluding tert-OH is 1. The van der Waals surface area contributed by atoms with E-state index in [1.54, 1.807) is 0 Å². The Morgan fingerprint density at radius 1 is 1.13 bits per heavy atom. The Balaban J connectivity index is 1.81. The van der Waals surface area contributed by atoms with E-state index in [0.29, 0.717) is 12.5 Å². The Bertz CT molecular complexity index is 557. The van der Waals surface area contributed by atoms with E-state index in [0.717, 1.165) is 32.3 Å². The van der Waals surface area contributed by atoms with Gasteiger partial charge < -0.3 is 14.6 Å². The molecule has 23 heavy (non-hydrogen) atoms. The van der Waals surface area contributed by atoms with E-state index in [1.807, 2.05) is 6.08 Å². The monoisotopic (exact) mass is 318 g/mol. The molecular formula is C20H30O3. The first-order valence-electron chi connectivity index (χ1n) is 8.88. The molecule has 0 amide bonds. The summed E-state index contributed by atoms with van der Waals surface area (Å²) in [5.74, 6) is 0. The zero-order valence-corrected chi connectivity index (χ0v) is 14.9. The first kappa shape index (κ1) is 16.9. The van der Waals surface area contributed by atoms with Gasteiger partial charge in [-0.25, -0.2) is 0 Å². The Kier molecular flexibility index (Phi) is 4.82. The van der Waals surface area contributed by atoms with Crippen LogP contribution in [0.25, 0.3) is 0 Å². The van der Waals surface area contributed by atoms with Gasteiger partial charge in [0.15, 0.2) is 0 Å². The minimum atomic E-state index is -0.407. The van der Waals surface area contributed by atoms with Crippen molar-refractivity contribution in [2.45, 2.75) is 83.7 Å². The summed E-state index contributed by atoms with van der Waals surface area (Å²) < 4.78 is 11.9. The standard InChI is InChI=1S/C20H30O3/c1-13-5-6-19-20(4,23-19)8-7-17-15(3)12-22-18(17)11-14(2)10-16(21)9-13/h9,11,16,18-19,21H,5-8,10,12H2,1-4H3/b13-9-,14-11+/t16-,18+,19-,20-/m1/s1. The number of epoxide rings is 1. The van der Waals surface area contributed by atoms with Crippen LogP contribution in [0.3, 0.4) is 0 Å². The van der Waals surface area contributed by atoms with Gasteiger partial charge >= 0.3 is 0 Å². The molecule has 0 spiro atoms. The summed E-state index contributed by atoms with van der Waals surface area (Å²) in [4.78, 5) is 0. The van der Waals surface area contributed by atoms with Crippen molar-refractivity contribution in [1.29, 1.82) is 0 Å². The van der Waals surface area contributed by atoms with Gasteiger partial charge in [0.1, 0.15) is 0 Å². The molecule has 0 aromatic carbocycles. The fourth-order valence-corrected chi connectivity index (χ4v) is 3.90. The molecule has 3 heteroatoms. The molecule has 4 atom stereocenters. The fraction of sp³-hybridized carbons (Fsp3) is 0.700. The molecule has 1 aliphatic carbocycles. The SMILES string of the molecule is CC1=C2CC[C@@]3(C)O[C@@H]3CC/C(C)=C\[C@@H](O)C/C(C)=C/[C@@H]2OC1. The minimum Gasteiger partial charge on any atom is -0.389 e. The molecule has 1 fully saturated rings.